The molecule has 8 heteroatoms. The summed E-state index contributed by atoms with van der Waals surface area (Å²) in [5.74, 6) is 2.02. The van der Waals surface area contributed by atoms with Crippen molar-refractivity contribution in [2.45, 2.75) is 12.1 Å². The normalized spacial score (nSPS) is 10.6. The van der Waals surface area contributed by atoms with Crippen molar-refractivity contribution in [3.8, 4) is 22.9 Å². The van der Waals surface area contributed by atoms with Gasteiger partial charge in [-0.2, -0.15) is 0 Å². The van der Waals surface area contributed by atoms with Crippen LogP contribution in [-0.2, 0) is 11.8 Å². The number of carbonyl (C=O) groups is 1. The Bertz CT molecular complexity index is 987. The maximum Gasteiger partial charge on any atom is 0.234 e. The Morgan fingerprint density at radius 2 is 1.86 bits per heavy atom. The fraction of sp³-hybridized carbons (Fsp3) is 0.250. The molecular weight excluding hydrogens is 376 g/mol. The number of methoxy groups -OCH3 is 2. The first kappa shape index (κ1) is 19.8. The number of anilines is 1. The van der Waals surface area contributed by atoms with Gasteiger partial charge in [-0.15, -0.1) is 10.2 Å². The molecule has 0 aliphatic rings. The molecule has 0 saturated heterocycles. The quantitative estimate of drug-likeness (QED) is 0.614. The number of benzene rings is 2. The number of hydrogen-bond donors (Lipinski definition) is 1. The van der Waals surface area contributed by atoms with Gasteiger partial charge < -0.3 is 19.4 Å². The molecule has 0 spiro atoms. The van der Waals surface area contributed by atoms with Crippen LogP contribution in [0.2, 0.25) is 0 Å². The van der Waals surface area contributed by atoms with Crippen LogP contribution in [0.1, 0.15) is 5.56 Å². The molecule has 0 unspecified atom stereocenters. The third-order valence-corrected chi connectivity index (χ3v) is 5.24. The van der Waals surface area contributed by atoms with E-state index in [1.165, 1.54) is 11.8 Å². The lowest BCUT2D eigenvalue weighted by Gasteiger charge is -2.10. The second-order valence-electron chi connectivity index (χ2n) is 6.09. The summed E-state index contributed by atoms with van der Waals surface area (Å²) in [6.07, 6.45) is 0. The number of ether oxygens (including phenoxy) is 2. The second-order valence-corrected chi connectivity index (χ2v) is 7.03. The summed E-state index contributed by atoms with van der Waals surface area (Å²) in [4.78, 5) is 12.3. The summed E-state index contributed by atoms with van der Waals surface area (Å²) in [5.41, 5.74) is 2.79. The number of aromatic nitrogens is 3. The molecule has 1 aromatic heterocycles. The summed E-state index contributed by atoms with van der Waals surface area (Å²) < 4.78 is 12.4. The van der Waals surface area contributed by atoms with Gasteiger partial charge in [-0.1, -0.05) is 36.0 Å². The predicted octanol–water partition coefficient (Wildman–Crippen LogP) is 3.54. The standard InChI is InChI=1S/C20H22N4O3S/c1-13-7-5-6-8-15(13)19-22-23-20(24(19)2)28-12-18(25)21-14-9-10-16(26-3)17(11-14)27-4/h5-11H,12H2,1-4H3,(H,21,25). The SMILES string of the molecule is COc1ccc(NC(=O)CSc2nnc(-c3ccccc3C)n2C)cc1OC. The van der Waals surface area contributed by atoms with Gasteiger partial charge in [-0.05, 0) is 24.6 Å². The van der Waals surface area contributed by atoms with Gasteiger partial charge in [0.1, 0.15) is 0 Å². The van der Waals surface area contributed by atoms with Gasteiger partial charge in [0.2, 0.25) is 5.91 Å². The molecule has 0 aliphatic heterocycles. The zero-order valence-electron chi connectivity index (χ0n) is 16.2. The number of hydrogen-bond acceptors (Lipinski definition) is 6. The number of nitrogens with zero attached hydrogens (tertiary/aromatic N) is 3. The predicted molar refractivity (Wildman–Crippen MR) is 110 cm³/mol. The van der Waals surface area contributed by atoms with Crippen molar-refractivity contribution >= 4 is 23.4 Å². The van der Waals surface area contributed by atoms with Crippen molar-refractivity contribution in [2.24, 2.45) is 7.05 Å². The van der Waals surface area contributed by atoms with Gasteiger partial charge in [0.05, 0.1) is 20.0 Å². The third kappa shape index (κ3) is 4.28. The monoisotopic (exact) mass is 398 g/mol. The first-order valence-electron chi connectivity index (χ1n) is 8.63. The lowest BCUT2D eigenvalue weighted by atomic mass is 10.1. The van der Waals surface area contributed by atoms with Crippen LogP contribution in [-0.4, -0.2) is 40.6 Å². The number of aryl methyl sites for hydroxylation is 1. The van der Waals surface area contributed by atoms with Crippen LogP contribution in [0, 0.1) is 6.92 Å². The summed E-state index contributed by atoms with van der Waals surface area (Å²) in [6, 6.07) is 13.2. The average molecular weight is 398 g/mol. The van der Waals surface area contributed by atoms with Gasteiger partial charge in [-0.3, -0.25) is 4.79 Å². The van der Waals surface area contributed by atoms with Crippen molar-refractivity contribution in [3.05, 3.63) is 48.0 Å². The maximum atomic E-state index is 12.3. The molecule has 28 heavy (non-hydrogen) atoms. The minimum atomic E-state index is -0.141. The van der Waals surface area contributed by atoms with Crippen molar-refractivity contribution in [1.29, 1.82) is 0 Å². The molecule has 0 radical (unpaired) electrons. The van der Waals surface area contributed by atoms with Crippen LogP contribution in [0.5, 0.6) is 11.5 Å². The lowest BCUT2D eigenvalue weighted by molar-refractivity contribution is -0.113. The Balaban J connectivity index is 1.65. The maximum absolute atomic E-state index is 12.3. The van der Waals surface area contributed by atoms with Crippen LogP contribution in [0.25, 0.3) is 11.4 Å². The summed E-state index contributed by atoms with van der Waals surface area (Å²) >= 11 is 1.33. The number of nitrogens with one attached hydrogen (secondary N) is 1. The van der Waals surface area contributed by atoms with Crippen molar-refractivity contribution in [1.82, 2.24) is 14.8 Å². The first-order valence-corrected chi connectivity index (χ1v) is 9.62. The zero-order chi connectivity index (χ0) is 20.1. The Morgan fingerprint density at radius 1 is 1.11 bits per heavy atom. The van der Waals surface area contributed by atoms with E-state index >= 15 is 0 Å². The van der Waals surface area contributed by atoms with E-state index in [-0.39, 0.29) is 11.7 Å². The van der Waals surface area contributed by atoms with E-state index in [1.54, 1.807) is 32.4 Å². The zero-order valence-corrected chi connectivity index (χ0v) is 17.0. The lowest BCUT2D eigenvalue weighted by Crippen LogP contribution is -2.14. The summed E-state index contributed by atoms with van der Waals surface area (Å²) in [6.45, 7) is 2.04. The van der Waals surface area contributed by atoms with E-state index in [0.29, 0.717) is 22.3 Å². The van der Waals surface area contributed by atoms with Crippen molar-refractivity contribution in [2.75, 3.05) is 25.3 Å². The summed E-state index contributed by atoms with van der Waals surface area (Å²) in [5, 5.41) is 12.0. The Morgan fingerprint density at radius 3 is 2.57 bits per heavy atom. The van der Waals surface area contributed by atoms with E-state index in [4.69, 9.17) is 9.47 Å². The van der Waals surface area contributed by atoms with E-state index in [1.807, 2.05) is 42.8 Å². The molecule has 146 valence electrons. The molecule has 1 N–H and O–H groups in total. The minimum absolute atomic E-state index is 0.141. The van der Waals surface area contributed by atoms with Gasteiger partial charge >= 0.3 is 0 Å². The molecule has 0 atom stereocenters. The Kier molecular flexibility index (Phi) is 6.20. The Hall–Kier alpha value is -3.00. The number of thioether (sulfide) groups is 1. The molecule has 0 fully saturated rings. The smallest absolute Gasteiger partial charge is 0.234 e. The van der Waals surface area contributed by atoms with Crippen LogP contribution >= 0.6 is 11.8 Å². The van der Waals surface area contributed by atoms with Gasteiger partial charge in [0, 0.05) is 24.4 Å². The van der Waals surface area contributed by atoms with Gasteiger partial charge in [0.25, 0.3) is 0 Å². The number of amides is 1. The fourth-order valence-corrected chi connectivity index (χ4v) is 3.45. The van der Waals surface area contributed by atoms with E-state index in [9.17, 15) is 4.79 Å². The molecule has 0 aliphatic carbocycles. The molecule has 2 aromatic carbocycles. The molecular formula is C20H22N4O3S. The molecule has 3 rings (SSSR count). The highest BCUT2D eigenvalue weighted by Crippen LogP contribution is 2.30. The van der Waals surface area contributed by atoms with Gasteiger partial charge in [-0.25, -0.2) is 0 Å². The molecule has 3 aromatic rings. The molecule has 0 saturated carbocycles. The largest absolute Gasteiger partial charge is 0.493 e. The summed E-state index contributed by atoms with van der Waals surface area (Å²) in [7, 11) is 5.02. The first-order chi connectivity index (χ1) is 13.5. The molecule has 1 heterocycles. The minimum Gasteiger partial charge on any atom is -0.493 e. The fourth-order valence-electron chi connectivity index (χ4n) is 2.74. The van der Waals surface area contributed by atoms with Crippen LogP contribution in [0.15, 0.2) is 47.6 Å². The topological polar surface area (TPSA) is 78.3 Å². The molecule has 0 bridgehead atoms. The third-order valence-electron chi connectivity index (χ3n) is 4.22. The highest BCUT2D eigenvalue weighted by Gasteiger charge is 2.14. The van der Waals surface area contributed by atoms with E-state index in [0.717, 1.165) is 17.0 Å². The number of carbonyl (C=O) groups excluding carboxylic acids is 1. The van der Waals surface area contributed by atoms with Crippen LogP contribution in [0.3, 0.4) is 0 Å². The molecule has 7 nitrogen and oxygen atoms in total. The highest BCUT2D eigenvalue weighted by atomic mass is 32.2. The highest BCUT2D eigenvalue weighted by molar-refractivity contribution is 7.99. The number of rotatable bonds is 7. The Labute approximate surface area is 168 Å². The average Bonchev–Trinajstić information content (AvgIpc) is 3.07. The van der Waals surface area contributed by atoms with Crippen molar-refractivity contribution in [3.63, 3.8) is 0 Å². The van der Waals surface area contributed by atoms with Crippen LogP contribution < -0.4 is 14.8 Å². The van der Waals surface area contributed by atoms with E-state index < -0.39 is 0 Å². The second kappa shape index (κ2) is 8.79. The van der Waals surface area contributed by atoms with Crippen molar-refractivity contribution < 1.29 is 14.3 Å². The van der Waals surface area contributed by atoms with Crippen LogP contribution in [0.4, 0.5) is 5.69 Å². The van der Waals surface area contributed by atoms with Gasteiger partial charge in [0.15, 0.2) is 22.5 Å². The molecule has 1 amide bonds. The van der Waals surface area contributed by atoms with E-state index in [2.05, 4.69) is 15.5 Å².